The van der Waals surface area contributed by atoms with Crippen molar-refractivity contribution in [1.29, 1.82) is 0 Å². The van der Waals surface area contributed by atoms with E-state index in [9.17, 15) is 9.59 Å². The predicted molar refractivity (Wildman–Crippen MR) is 71.8 cm³/mol. The molecule has 0 radical (unpaired) electrons. The van der Waals surface area contributed by atoms with Gasteiger partial charge < -0.3 is 4.90 Å². The Morgan fingerprint density at radius 1 is 1.22 bits per heavy atom. The highest BCUT2D eigenvalue weighted by molar-refractivity contribution is 9.10. The summed E-state index contributed by atoms with van der Waals surface area (Å²) < 4.78 is 1.03. The van der Waals surface area contributed by atoms with Crippen LogP contribution in [0.1, 0.15) is 24.0 Å². The quantitative estimate of drug-likeness (QED) is 0.691. The molecule has 1 amide bonds. The Bertz CT molecular complexity index is 604. The Hall–Kier alpha value is -1.42. The molecule has 2 aliphatic rings. The van der Waals surface area contributed by atoms with Gasteiger partial charge in [0.1, 0.15) is 0 Å². The molecule has 0 bridgehead atoms. The van der Waals surface area contributed by atoms with Gasteiger partial charge in [-0.1, -0.05) is 22.0 Å². The maximum Gasteiger partial charge on any atom is 0.234 e. The Kier molecular flexibility index (Phi) is 2.63. The van der Waals surface area contributed by atoms with Crippen molar-refractivity contribution in [1.82, 2.24) is 4.90 Å². The van der Waals surface area contributed by atoms with Crippen molar-refractivity contribution in [2.24, 2.45) is 0 Å². The number of amides is 1. The summed E-state index contributed by atoms with van der Waals surface area (Å²) in [6.45, 7) is 0. The second kappa shape index (κ2) is 4.05. The van der Waals surface area contributed by atoms with E-state index in [0.29, 0.717) is 0 Å². The standard InChI is InChI=1S/C14H12BrNO2/c1-16-11-5-2-8-6-9(15)3-4-10(8)14(11)12(17)7-13(16)18/h3-4,6H,2,5,7H2,1H3. The van der Waals surface area contributed by atoms with Crippen LogP contribution in [0, 0.1) is 0 Å². The molecule has 0 saturated heterocycles. The van der Waals surface area contributed by atoms with Crippen LogP contribution in [-0.4, -0.2) is 23.6 Å². The number of halogens is 1. The third-order valence-electron chi connectivity index (χ3n) is 3.63. The number of benzene rings is 1. The number of fused-ring (bicyclic) bond motifs is 2. The molecule has 92 valence electrons. The molecule has 1 aromatic rings. The summed E-state index contributed by atoms with van der Waals surface area (Å²) in [5, 5.41) is 0. The van der Waals surface area contributed by atoms with E-state index in [1.807, 2.05) is 12.1 Å². The van der Waals surface area contributed by atoms with E-state index in [-0.39, 0.29) is 18.1 Å². The molecular weight excluding hydrogens is 294 g/mol. The van der Waals surface area contributed by atoms with Crippen molar-refractivity contribution in [3.05, 3.63) is 39.5 Å². The van der Waals surface area contributed by atoms with E-state index < -0.39 is 0 Å². The molecule has 0 unspecified atom stereocenters. The first kappa shape index (κ1) is 11.7. The largest absolute Gasteiger partial charge is 0.318 e. The van der Waals surface area contributed by atoms with Gasteiger partial charge in [-0.15, -0.1) is 0 Å². The van der Waals surface area contributed by atoms with Crippen LogP contribution in [0.3, 0.4) is 0 Å². The van der Waals surface area contributed by atoms with Crippen molar-refractivity contribution in [2.75, 3.05) is 7.05 Å². The van der Waals surface area contributed by atoms with Crippen molar-refractivity contribution < 1.29 is 9.59 Å². The van der Waals surface area contributed by atoms with Gasteiger partial charge in [-0.2, -0.15) is 0 Å². The molecule has 0 spiro atoms. The normalized spacial score (nSPS) is 18.9. The van der Waals surface area contributed by atoms with Gasteiger partial charge in [0.25, 0.3) is 0 Å². The molecule has 18 heavy (non-hydrogen) atoms. The second-order valence-electron chi connectivity index (χ2n) is 4.68. The summed E-state index contributed by atoms with van der Waals surface area (Å²) in [4.78, 5) is 25.4. The summed E-state index contributed by atoms with van der Waals surface area (Å²) in [7, 11) is 1.76. The van der Waals surface area contributed by atoms with Crippen LogP contribution in [0.25, 0.3) is 5.57 Å². The number of nitrogens with zero attached hydrogens (tertiary/aromatic N) is 1. The summed E-state index contributed by atoms with van der Waals surface area (Å²) >= 11 is 3.45. The maximum atomic E-state index is 12.1. The van der Waals surface area contributed by atoms with E-state index in [4.69, 9.17) is 0 Å². The van der Waals surface area contributed by atoms with Gasteiger partial charge >= 0.3 is 0 Å². The number of Topliss-reactive ketones (excluding diaryl/α,β-unsaturated/α-hetero) is 1. The Morgan fingerprint density at radius 3 is 2.78 bits per heavy atom. The highest BCUT2D eigenvalue weighted by atomic mass is 79.9. The minimum Gasteiger partial charge on any atom is -0.318 e. The van der Waals surface area contributed by atoms with Crippen molar-refractivity contribution >= 4 is 33.2 Å². The average molecular weight is 306 g/mol. The molecular formula is C14H12BrNO2. The van der Waals surface area contributed by atoms with Crippen LogP contribution >= 0.6 is 15.9 Å². The minimum atomic E-state index is -0.0979. The first-order valence-corrected chi connectivity index (χ1v) is 6.69. The first-order chi connectivity index (χ1) is 8.58. The second-order valence-corrected chi connectivity index (χ2v) is 5.59. The zero-order chi connectivity index (χ0) is 12.9. The number of ketones is 1. The average Bonchev–Trinajstić information content (AvgIpc) is 2.34. The number of allylic oxidation sites excluding steroid dienone is 2. The summed E-state index contributed by atoms with van der Waals surface area (Å²) in [6.07, 6.45) is 1.62. The molecule has 1 heterocycles. The lowest BCUT2D eigenvalue weighted by Crippen LogP contribution is -2.36. The van der Waals surface area contributed by atoms with E-state index in [0.717, 1.165) is 34.1 Å². The first-order valence-electron chi connectivity index (χ1n) is 5.89. The third-order valence-corrected chi connectivity index (χ3v) is 4.12. The molecule has 0 N–H and O–H groups in total. The van der Waals surface area contributed by atoms with Crippen LogP contribution in [-0.2, 0) is 16.0 Å². The van der Waals surface area contributed by atoms with Gasteiger partial charge in [0.15, 0.2) is 5.78 Å². The van der Waals surface area contributed by atoms with Crippen molar-refractivity contribution in [3.63, 3.8) is 0 Å². The van der Waals surface area contributed by atoms with Crippen LogP contribution in [0.5, 0.6) is 0 Å². The van der Waals surface area contributed by atoms with Crippen molar-refractivity contribution in [3.8, 4) is 0 Å². The van der Waals surface area contributed by atoms with Crippen molar-refractivity contribution in [2.45, 2.75) is 19.3 Å². The molecule has 1 aliphatic carbocycles. The molecule has 4 heteroatoms. The number of carbonyl (C=O) groups excluding carboxylic acids is 2. The molecule has 0 saturated carbocycles. The zero-order valence-electron chi connectivity index (χ0n) is 10.00. The molecule has 3 nitrogen and oxygen atoms in total. The molecule has 1 aromatic carbocycles. The summed E-state index contributed by atoms with van der Waals surface area (Å²) in [5.41, 5.74) is 3.79. The number of rotatable bonds is 0. The lowest BCUT2D eigenvalue weighted by atomic mass is 9.83. The van der Waals surface area contributed by atoms with E-state index >= 15 is 0 Å². The van der Waals surface area contributed by atoms with Crippen LogP contribution in [0.4, 0.5) is 0 Å². The Morgan fingerprint density at radius 2 is 2.00 bits per heavy atom. The molecule has 0 atom stereocenters. The SMILES string of the molecule is CN1C(=O)CC(=O)C2=C1CCc1cc(Br)ccc12. The number of hydrogen-bond acceptors (Lipinski definition) is 2. The van der Waals surface area contributed by atoms with E-state index in [1.54, 1.807) is 11.9 Å². The summed E-state index contributed by atoms with van der Waals surface area (Å²) in [5.74, 6) is -0.143. The molecule has 0 aromatic heterocycles. The fourth-order valence-corrected chi connectivity index (χ4v) is 3.10. The fourth-order valence-electron chi connectivity index (χ4n) is 2.69. The smallest absolute Gasteiger partial charge is 0.234 e. The van der Waals surface area contributed by atoms with Gasteiger partial charge in [-0.3, -0.25) is 9.59 Å². The van der Waals surface area contributed by atoms with E-state index in [2.05, 4.69) is 22.0 Å². The Balaban J connectivity index is 2.21. The minimum absolute atomic E-state index is 0.00909. The number of hydrogen-bond donors (Lipinski definition) is 0. The fraction of sp³-hybridized carbons (Fsp3) is 0.286. The molecule has 0 fully saturated rings. The molecule has 1 aliphatic heterocycles. The predicted octanol–water partition coefficient (Wildman–Crippen LogP) is 2.54. The number of aryl methyl sites for hydroxylation is 1. The van der Waals surface area contributed by atoms with Gasteiger partial charge in [0.05, 0.1) is 6.42 Å². The van der Waals surface area contributed by atoms with Gasteiger partial charge in [0.2, 0.25) is 5.91 Å². The summed E-state index contributed by atoms with van der Waals surface area (Å²) in [6, 6.07) is 5.97. The monoisotopic (exact) mass is 305 g/mol. The van der Waals surface area contributed by atoms with Gasteiger partial charge in [-0.05, 0) is 36.1 Å². The van der Waals surface area contributed by atoms with E-state index in [1.165, 1.54) is 5.56 Å². The van der Waals surface area contributed by atoms with Crippen LogP contribution in [0.15, 0.2) is 28.4 Å². The topological polar surface area (TPSA) is 37.4 Å². The lowest BCUT2D eigenvalue weighted by Gasteiger charge is -2.32. The third kappa shape index (κ3) is 1.63. The Labute approximate surface area is 114 Å². The number of carbonyl (C=O) groups is 2. The maximum absolute atomic E-state index is 12.1. The highest BCUT2D eigenvalue weighted by Gasteiger charge is 2.33. The van der Waals surface area contributed by atoms with Crippen LogP contribution < -0.4 is 0 Å². The van der Waals surface area contributed by atoms with Crippen LogP contribution in [0.2, 0.25) is 0 Å². The zero-order valence-corrected chi connectivity index (χ0v) is 11.6. The molecule has 3 rings (SSSR count). The highest BCUT2D eigenvalue weighted by Crippen LogP contribution is 2.37. The van der Waals surface area contributed by atoms with Gasteiger partial charge in [0, 0.05) is 22.8 Å². The lowest BCUT2D eigenvalue weighted by molar-refractivity contribution is -0.132. The van der Waals surface area contributed by atoms with Gasteiger partial charge in [-0.25, -0.2) is 0 Å².